The maximum atomic E-state index is 12.0. The fourth-order valence-corrected chi connectivity index (χ4v) is 1.83. The molecule has 0 fully saturated rings. The maximum Gasteiger partial charge on any atom is 0.278 e. The highest BCUT2D eigenvalue weighted by atomic mass is 79.9. The molecule has 1 amide bonds. The van der Waals surface area contributed by atoms with Gasteiger partial charge in [-0.25, -0.2) is 4.98 Å². The molecule has 1 N–H and O–H groups in total. The first-order chi connectivity index (χ1) is 8.49. The summed E-state index contributed by atoms with van der Waals surface area (Å²) in [5.41, 5.74) is 0.937. The first kappa shape index (κ1) is 13.0. The minimum absolute atomic E-state index is 0.196. The monoisotopic (exact) mass is 328 g/mol. The number of aromatic nitrogens is 3. The van der Waals surface area contributed by atoms with Gasteiger partial charge in [0.1, 0.15) is 5.82 Å². The van der Waals surface area contributed by atoms with Crippen molar-refractivity contribution in [3.8, 4) is 0 Å². The van der Waals surface area contributed by atoms with Crippen LogP contribution in [0.2, 0.25) is 5.02 Å². The van der Waals surface area contributed by atoms with Crippen molar-refractivity contribution in [2.45, 2.75) is 6.92 Å². The van der Waals surface area contributed by atoms with E-state index in [-0.39, 0.29) is 11.6 Å². The lowest BCUT2D eigenvalue weighted by atomic mass is 10.3. The minimum atomic E-state index is -0.376. The Bertz CT molecular complexity index is 594. The molecule has 2 heterocycles. The Labute approximate surface area is 117 Å². The summed E-state index contributed by atoms with van der Waals surface area (Å²) >= 11 is 9.30. The number of nitrogens with zero attached hydrogens (tertiary/aromatic N) is 3. The van der Waals surface area contributed by atoms with E-state index in [4.69, 9.17) is 11.6 Å². The molecule has 0 saturated carbocycles. The average Bonchev–Trinajstić information content (AvgIpc) is 2.60. The fraction of sp³-hybridized carbons (Fsp3) is 0.182. The Balaban J connectivity index is 2.22. The van der Waals surface area contributed by atoms with Crippen molar-refractivity contribution in [1.29, 1.82) is 0 Å². The summed E-state index contributed by atoms with van der Waals surface area (Å²) in [7, 11) is 1.73. The quantitative estimate of drug-likeness (QED) is 0.921. The van der Waals surface area contributed by atoms with E-state index in [2.05, 4.69) is 31.3 Å². The van der Waals surface area contributed by atoms with Gasteiger partial charge in [-0.1, -0.05) is 11.6 Å². The highest BCUT2D eigenvalue weighted by Crippen LogP contribution is 2.20. The third kappa shape index (κ3) is 2.54. The number of nitrogens with one attached hydrogen (secondary N) is 1. The number of hydrogen-bond acceptors (Lipinski definition) is 3. The van der Waals surface area contributed by atoms with E-state index in [0.717, 1.165) is 10.2 Å². The molecular weight excluding hydrogens is 320 g/mol. The van der Waals surface area contributed by atoms with E-state index in [0.29, 0.717) is 10.8 Å². The van der Waals surface area contributed by atoms with Gasteiger partial charge < -0.3 is 5.32 Å². The van der Waals surface area contributed by atoms with Gasteiger partial charge >= 0.3 is 0 Å². The lowest BCUT2D eigenvalue weighted by Gasteiger charge is -2.02. The molecule has 0 aromatic carbocycles. The molecule has 0 spiro atoms. The number of hydrogen-bond donors (Lipinski definition) is 1. The van der Waals surface area contributed by atoms with E-state index < -0.39 is 0 Å². The third-order valence-electron chi connectivity index (χ3n) is 2.45. The van der Waals surface area contributed by atoms with E-state index >= 15 is 0 Å². The smallest absolute Gasteiger partial charge is 0.278 e. The number of carbonyl (C=O) groups excluding carboxylic acids is 1. The molecule has 0 aliphatic carbocycles. The summed E-state index contributed by atoms with van der Waals surface area (Å²) in [6, 6.07) is 3.47. The maximum absolute atomic E-state index is 12.0. The molecule has 2 aromatic rings. The normalized spacial score (nSPS) is 10.4. The average molecular weight is 330 g/mol. The van der Waals surface area contributed by atoms with Crippen LogP contribution in [0.4, 0.5) is 5.82 Å². The summed E-state index contributed by atoms with van der Waals surface area (Å²) in [6.07, 6.45) is 1.60. The molecule has 0 aliphatic rings. The molecule has 94 valence electrons. The zero-order chi connectivity index (χ0) is 13.3. The van der Waals surface area contributed by atoms with Crippen LogP contribution >= 0.6 is 27.5 Å². The Hall–Kier alpha value is -1.40. The molecule has 18 heavy (non-hydrogen) atoms. The van der Waals surface area contributed by atoms with Crippen molar-refractivity contribution < 1.29 is 4.79 Å². The largest absolute Gasteiger partial charge is 0.305 e. The van der Waals surface area contributed by atoms with Crippen LogP contribution in [-0.4, -0.2) is 20.7 Å². The van der Waals surface area contributed by atoms with E-state index in [1.54, 1.807) is 37.0 Å². The number of amides is 1. The number of rotatable bonds is 2. The van der Waals surface area contributed by atoms with Crippen LogP contribution in [-0.2, 0) is 7.05 Å². The first-order valence-corrected chi connectivity index (χ1v) is 6.28. The van der Waals surface area contributed by atoms with Crippen LogP contribution in [0.3, 0.4) is 0 Å². The van der Waals surface area contributed by atoms with Crippen LogP contribution in [0.1, 0.15) is 16.2 Å². The van der Waals surface area contributed by atoms with Gasteiger partial charge in [-0.3, -0.25) is 9.48 Å². The van der Waals surface area contributed by atoms with Gasteiger partial charge in [0.25, 0.3) is 5.91 Å². The first-order valence-electron chi connectivity index (χ1n) is 5.11. The van der Waals surface area contributed by atoms with Crippen molar-refractivity contribution in [1.82, 2.24) is 14.8 Å². The van der Waals surface area contributed by atoms with Crippen molar-refractivity contribution >= 4 is 39.3 Å². The fourth-order valence-electron chi connectivity index (χ4n) is 1.35. The van der Waals surface area contributed by atoms with E-state index in [1.807, 2.05) is 0 Å². The Morgan fingerprint density at radius 3 is 2.72 bits per heavy atom. The van der Waals surface area contributed by atoms with Gasteiger partial charge in [0.15, 0.2) is 5.69 Å². The van der Waals surface area contributed by atoms with Crippen LogP contribution in [0, 0.1) is 6.92 Å². The SMILES string of the molecule is Cc1c(Cl)c(C(=O)Nc2ccc(Br)cn2)nn1C. The Kier molecular flexibility index (Phi) is 3.68. The van der Waals surface area contributed by atoms with Crippen LogP contribution in [0.25, 0.3) is 0 Å². The van der Waals surface area contributed by atoms with Gasteiger partial charge in [0.05, 0.1) is 10.7 Å². The zero-order valence-electron chi connectivity index (χ0n) is 9.74. The molecule has 0 bridgehead atoms. The second kappa shape index (κ2) is 5.07. The van der Waals surface area contributed by atoms with Gasteiger partial charge in [-0.15, -0.1) is 0 Å². The van der Waals surface area contributed by atoms with Crippen molar-refractivity contribution in [3.05, 3.63) is 39.2 Å². The second-order valence-electron chi connectivity index (χ2n) is 3.69. The summed E-state index contributed by atoms with van der Waals surface area (Å²) in [5, 5.41) is 7.05. The van der Waals surface area contributed by atoms with Gasteiger partial charge in [0, 0.05) is 17.7 Å². The molecule has 0 aliphatic heterocycles. The zero-order valence-corrected chi connectivity index (χ0v) is 12.1. The highest BCUT2D eigenvalue weighted by molar-refractivity contribution is 9.10. The van der Waals surface area contributed by atoms with Crippen molar-refractivity contribution in [2.24, 2.45) is 7.05 Å². The highest BCUT2D eigenvalue weighted by Gasteiger charge is 2.18. The molecule has 2 aromatic heterocycles. The molecule has 2 rings (SSSR count). The molecule has 0 radical (unpaired) electrons. The summed E-state index contributed by atoms with van der Waals surface area (Å²) in [4.78, 5) is 16.0. The number of pyridine rings is 1. The van der Waals surface area contributed by atoms with Gasteiger partial charge in [-0.2, -0.15) is 5.10 Å². The molecular formula is C11H10BrClN4O. The second-order valence-corrected chi connectivity index (χ2v) is 4.98. The number of halogens is 2. The van der Waals surface area contributed by atoms with Crippen LogP contribution in [0.15, 0.2) is 22.8 Å². The third-order valence-corrected chi connectivity index (χ3v) is 3.37. The lowest BCUT2D eigenvalue weighted by molar-refractivity contribution is 0.102. The van der Waals surface area contributed by atoms with Crippen molar-refractivity contribution in [3.63, 3.8) is 0 Å². The predicted octanol–water partition coefficient (Wildman–Crippen LogP) is 2.79. The Morgan fingerprint density at radius 2 is 2.22 bits per heavy atom. The molecule has 0 unspecified atom stereocenters. The summed E-state index contributed by atoms with van der Waals surface area (Å²) < 4.78 is 2.40. The predicted molar refractivity (Wildman–Crippen MR) is 72.8 cm³/mol. The number of aryl methyl sites for hydroxylation is 1. The molecule has 0 saturated heterocycles. The van der Waals surface area contributed by atoms with E-state index in [1.165, 1.54) is 0 Å². The standard InChI is InChI=1S/C11H10BrClN4O/c1-6-9(13)10(16-17(6)2)11(18)15-8-4-3-7(12)5-14-8/h3-5H,1-2H3,(H,14,15,18). The molecule has 0 atom stereocenters. The Morgan fingerprint density at radius 1 is 1.50 bits per heavy atom. The van der Waals surface area contributed by atoms with Crippen LogP contribution < -0.4 is 5.32 Å². The minimum Gasteiger partial charge on any atom is -0.305 e. The topological polar surface area (TPSA) is 59.8 Å². The lowest BCUT2D eigenvalue weighted by Crippen LogP contribution is -2.14. The summed E-state index contributed by atoms with van der Waals surface area (Å²) in [6.45, 7) is 1.80. The van der Waals surface area contributed by atoms with Crippen LogP contribution in [0.5, 0.6) is 0 Å². The van der Waals surface area contributed by atoms with Crippen molar-refractivity contribution in [2.75, 3.05) is 5.32 Å². The van der Waals surface area contributed by atoms with Gasteiger partial charge in [-0.05, 0) is 35.0 Å². The summed E-state index contributed by atoms with van der Waals surface area (Å²) in [5.74, 6) is 0.0705. The van der Waals surface area contributed by atoms with Gasteiger partial charge in [0.2, 0.25) is 0 Å². The number of anilines is 1. The van der Waals surface area contributed by atoms with E-state index in [9.17, 15) is 4.79 Å². The molecule has 5 nitrogen and oxygen atoms in total. The molecule has 7 heteroatoms. The number of carbonyl (C=O) groups is 1.